The van der Waals surface area contributed by atoms with Gasteiger partial charge in [-0.05, 0) is 28.7 Å². The molecule has 0 N–H and O–H groups in total. The van der Waals surface area contributed by atoms with E-state index in [4.69, 9.17) is 4.52 Å². The van der Waals surface area contributed by atoms with Gasteiger partial charge in [0.25, 0.3) is 5.71 Å². The van der Waals surface area contributed by atoms with Crippen molar-refractivity contribution in [1.29, 1.82) is 0 Å². The van der Waals surface area contributed by atoms with E-state index in [0.717, 1.165) is 8.96 Å². The number of nitrogens with zero attached hydrogens (tertiary/aromatic N) is 2. The maximum absolute atomic E-state index is 4.83. The molecule has 50 valence electrons. The van der Waals surface area contributed by atoms with Gasteiger partial charge in [-0.1, -0.05) is 5.16 Å². The SMILES string of the molecule is Ic1ccnc2oncc12. The van der Waals surface area contributed by atoms with Crippen LogP contribution in [-0.4, -0.2) is 10.1 Å². The van der Waals surface area contributed by atoms with E-state index >= 15 is 0 Å². The van der Waals surface area contributed by atoms with E-state index in [9.17, 15) is 0 Å². The van der Waals surface area contributed by atoms with Gasteiger partial charge in [-0.25, -0.2) is 4.98 Å². The molecule has 0 radical (unpaired) electrons. The molecule has 3 nitrogen and oxygen atoms in total. The van der Waals surface area contributed by atoms with Crippen LogP contribution in [0.4, 0.5) is 0 Å². The molecule has 0 spiro atoms. The van der Waals surface area contributed by atoms with Crippen LogP contribution in [0.1, 0.15) is 0 Å². The number of hydrogen-bond acceptors (Lipinski definition) is 3. The average Bonchev–Trinajstić information content (AvgIpc) is 2.36. The molecule has 0 aliphatic rings. The van der Waals surface area contributed by atoms with Gasteiger partial charge in [0, 0.05) is 9.77 Å². The lowest BCUT2D eigenvalue weighted by Gasteiger charge is -1.86. The quantitative estimate of drug-likeness (QED) is 0.665. The van der Waals surface area contributed by atoms with Gasteiger partial charge in [-0.2, -0.15) is 0 Å². The summed E-state index contributed by atoms with van der Waals surface area (Å²) in [6.07, 6.45) is 3.37. The number of pyridine rings is 1. The Kier molecular flexibility index (Phi) is 1.33. The second-order valence-corrected chi connectivity index (χ2v) is 3.00. The highest BCUT2D eigenvalue weighted by Gasteiger charge is 2.00. The van der Waals surface area contributed by atoms with Crippen LogP contribution in [-0.2, 0) is 0 Å². The van der Waals surface area contributed by atoms with Gasteiger partial charge in [-0.3, -0.25) is 0 Å². The third-order valence-electron chi connectivity index (χ3n) is 1.22. The standard InChI is InChI=1S/C6H3IN2O/c7-5-1-2-8-6-4(5)3-9-10-6/h1-3H. The zero-order valence-electron chi connectivity index (χ0n) is 4.91. The van der Waals surface area contributed by atoms with Crippen molar-refractivity contribution in [3.63, 3.8) is 0 Å². The fraction of sp³-hybridized carbons (Fsp3) is 0. The summed E-state index contributed by atoms with van der Waals surface area (Å²) in [5.74, 6) is 0. The van der Waals surface area contributed by atoms with Crippen LogP contribution in [0.3, 0.4) is 0 Å². The minimum atomic E-state index is 0.604. The topological polar surface area (TPSA) is 38.9 Å². The highest BCUT2D eigenvalue weighted by Crippen LogP contribution is 2.16. The predicted molar refractivity (Wildman–Crippen MR) is 44.5 cm³/mol. The molecule has 0 unspecified atom stereocenters. The Morgan fingerprint density at radius 2 is 2.40 bits per heavy atom. The van der Waals surface area contributed by atoms with E-state index in [2.05, 4.69) is 32.7 Å². The third kappa shape index (κ3) is 0.792. The Morgan fingerprint density at radius 1 is 1.50 bits per heavy atom. The highest BCUT2D eigenvalue weighted by atomic mass is 127. The summed E-state index contributed by atoms with van der Waals surface area (Å²) in [7, 11) is 0. The van der Waals surface area contributed by atoms with Crippen LogP contribution in [0, 0.1) is 3.57 Å². The van der Waals surface area contributed by atoms with E-state index in [0.29, 0.717) is 5.71 Å². The van der Waals surface area contributed by atoms with Gasteiger partial charge in [0.2, 0.25) is 0 Å². The Bertz CT molecular complexity index is 357. The van der Waals surface area contributed by atoms with Gasteiger partial charge < -0.3 is 4.52 Å². The number of aromatic nitrogens is 2. The van der Waals surface area contributed by atoms with Crippen molar-refractivity contribution in [2.45, 2.75) is 0 Å². The van der Waals surface area contributed by atoms with Gasteiger partial charge in [0.1, 0.15) is 0 Å². The molecule has 0 aliphatic carbocycles. The number of hydrogen-bond donors (Lipinski definition) is 0. The maximum atomic E-state index is 4.83. The zero-order chi connectivity index (χ0) is 6.97. The highest BCUT2D eigenvalue weighted by molar-refractivity contribution is 14.1. The molecular formula is C6H3IN2O. The van der Waals surface area contributed by atoms with Crippen LogP contribution in [0.5, 0.6) is 0 Å². The molecular weight excluding hydrogens is 243 g/mol. The lowest BCUT2D eigenvalue weighted by atomic mass is 10.4. The Labute approximate surface area is 70.6 Å². The van der Waals surface area contributed by atoms with E-state index in [1.807, 2.05) is 6.07 Å². The van der Waals surface area contributed by atoms with E-state index in [-0.39, 0.29) is 0 Å². The van der Waals surface area contributed by atoms with Crippen molar-refractivity contribution in [1.82, 2.24) is 10.1 Å². The van der Waals surface area contributed by atoms with Gasteiger partial charge >= 0.3 is 0 Å². The summed E-state index contributed by atoms with van der Waals surface area (Å²) >= 11 is 2.21. The Balaban J connectivity index is 2.95. The normalized spacial score (nSPS) is 10.5. The van der Waals surface area contributed by atoms with Crippen molar-refractivity contribution in [3.8, 4) is 0 Å². The zero-order valence-corrected chi connectivity index (χ0v) is 7.07. The molecule has 0 atom stereocenters. The first kappa shape index (κ1) is 6.09. The van der Waals surface area contributed by atoms with Crippen molar-refractivity contribution in [2.24, 2.45) is 0 Å². The number of fused-ring (bicyclic) bond motifs is 1. The summed E-state index contributed by atoms with van der Waals surface area (Å²) in [6.45, 7) is 0. The minimum Gasteiger partial charge on any atom is -0.336 e. The second-order valence-electron chi connectivity index (χ2n) is 1.84. The first-order valence-corrected chi connectivity index (χ1v) is 3.81. The molecule has 0 saturated carbocycles. The molecule has 0 bridgehead atoms. The molecule has 10 heavy (non-hydrogen) atoms. The third-order valence-corrected chi connectivity index (χ3v) is 2.16. The minimum absolute atomic E-state index is 0.604. The van der Waals surface area contributed by atoms with Gasteiger partial charge in [0.05, 0.1) is 11.6 Å². The van der Waals surface area contributed by atoms with Crippen LogP contribution < -0.4 is 0 Å². The molecule has 0 aromatic carbocycles. The number of halogens is 1. The molecule has 0 amide bonds. The average molecular weight is 246 g/mol. The first-order valence-electron chi connectivity index (χ1n) is 2.73. The number of rotatable bonds is 0. The maximum Gasteiger partial charge on any atom is 0.258 e. The largest absolute Gasteiger partial charge is 0.336 e. The first-order chi connectivity index (χ1) is 4.88. The summed E-state index contributed by atoms with van der Waals surface area (Å²) < 4.78 is 5.95. The van der Waals surface area contributed by atoms with Crippen LogP contribution in [0.15, 0.2) is 23.0 Å². The Hall–Kier alpha value is -0.650. The smallest absolute Gasteiger partial charge is 0.258 e. The van der Waals surface area contributed by atoms with Gasteiger partial charge in [-0.15, -0.1) is 0 Å². The van der Waals surface area contributed by atoms with Crippen LogP contribution >= 0.6 is 22.6 Å². The van der Waals surface area contributed by atoms with Crippen molar-refractivity contribution < 1.29 is 4.52 Å². The lowest BCUT2D eigenvalue weighted by Crippen LogP contribution is -1.74. The molecule has 2 aromatic heterocycles. The molecule has 2 heterocycles. The van der Waals surface area contributed by atoms with Crippen molar-refractivity contribution in [3.05, 3.63) is 22.0 Å². The molecule has 0 fully saturated rings. The summed E-state index contributed by atoms with van der Waals surface area (Å²) in [4.78, 5) is 3.97. The van der Waals surface area contributed by atoms with E-state index < -0.39 is 0 Å². The van der Waals surface area contributed by atoms with Gasteiger partial charge in [0.15, 0.2) is 0 Å². The predicted octanol–water partition coefficient (Wildman–Crippen LogP) is 1.83. The lowest BCUT2D eigenvalue weighted by molar-refractivity contribution is 0.448. The summed E-state index contributed by atoms with van der Waals surface area (Å²) in [6, 6.07) is 1.92. The fourth-order valence-corrected chi connectivity index (χ4v) is 1.28. The van der Waals surface area contributed by atoms with Crippen LogP contribution in [0.2, 0.25) is 0 Å². The molecule has 2 aromatic rings. The second kappa shape index (κ2) is 2.19. The fourth-order valence-electron chi connectivity index (χ4n) is 0.750. The van der Waals surface area contributed by atoms with E-state index in [1.54, 1.807) is 12.4 Å². The Morgan fingerprint density at radius 3 is 3.20 bits per heavy atom. The van der Waals surface area contributed by atoms with E-state index in [1.165, 1.54) is 0 Å². The molecule has 0 aliphatic heterocycles. The molecule has 4 heteroatoms. The molecule has 2 rings (SSSR count). The molecule has 0 saturated heterocycles. The monoisotopic (exact) mass is 246 g/mol. The van der Waals surface area contributed by atoms with Crippen molar-refractivity contribution >= 4 is 33.7 Å². The van der Waals surface area contributed by atoms with Crippen LogP contribution in [0.25, 0.3) is 11.1 Å². The van der Waals surface area contributed by atoms with Crippen molar-refractivity contribution in [2.75, 3.05) is 0 Å². The summed E-state index contributed by atoms with van der Waals surface area (Å²) in [5, 5.41) is 4.59. The summed E-state index contributed by atoms with van der Waals surface area (Å²) in [5.41, 5.74) is 0.604.